The quantitative estimate of drug-likeness (QED) is 0.560. The third-order valence-electron chi connectivity index (χ3n) is 5.96. The van der Waals surface area contributed by atoms with Crippen molar-refractivity contribution in [2.24, 2.45) is 0 Å². The van der Waals surface area contributed by atoms with Gasteiger partial charge in [-0.05, 0) is 36.0 Å². The lowest BCUT2D eigenvalue weighted by molar-refractivity contribution is -0.121. The van der Waals surface area contributed by atoms with Gasteiger partial charge in [-0.1, -0.05) is 53.0 Å². The van der Waals surface area contributed by atoms with E-state index in [1.54, 1.807) is 4.90 Å². The molecule has 0 fully saturated rings. The Morgan fingerprint density at radius 2 is 2.03 bits per heavy atom. The van der Waals surface area contributed by atoms with Gasteiger partial charge in [-0.15, -0.1) is 0 Å². The van der Waals surface area contributed by atoms with E-state index in [1.807, 2.05) is 18.2 Å². The number of carbonyl (C=O) groups excluding carboxylic acids is 2. The fourth-order valence-electron chi connectivity index (χ4n) is 3.47. The van der Waals surface area contributed by atoms with E-state index >= 15 is 0 Å². The molecule has 0 aliphatic carbocycles. The van der Waals surface area contributed by atoms with Crippen LogP contribution in [0.4, 0.5) is 5.69 Å². The Morgan fingerprint density at radius 1 is 1.23 bits per heavy atom. The number of ether oxygens (including phenoxy) is 1. The molecule has 0 atom stereocenters. The summed E-state index contributed by atoms with van der Waals surface area (Å²) in [4.78, 5) is 30.8. The molecule has 0 saturated carbocycles. The molecule has 2 heterocycles. The summed E-state index contributed by atoms with van der Waals surface area (Å²) in [7, 11) is 0. The Balaban J connectivity index is 1.71. The van der Waals surface area contributed by atoms with Crippen molar-refractivity contribution in [3.63, 3.8) is 0 Å². The molecule has 0 saturated heterocycles. The second kappa shape index (κ2) is 9.98. The van der Waals surface area contributed by atoms with Crippen LogP contribution in [0.2, 0.25) is 0 Å². The molecule has 7 nitrogen and oxygen atoms in total. The lowest BCUT2D eigenvalue weighted by atomic mass is 9.82. The minimum absolute atomic E-state index is 0.0213. The maximum absolute atomic E-state index is 12.6. The van der Waals surface area contributed by atoms with E-state index in [0.29, 0.717) is 23.9 Å². The van der Waals surface area contributed by atoms with Gasteiger partial charge in [0.05, 0.1) is 5.69 Å². The highest BCUT2D eigenvalue weighted by Crippen LogP contribution is 2.38. The standard InChI is InChI=1S/C24H33N3O4/c1-5-7-8-9-12-25-23(29)18-15-31-21(26-18)14-27-19-13-17(24(3,4)6-2)10-11-20(19)30-16-22(27)28/h10-11,13,15H,5-9,12,14,16H2,1-4H3,(H,25,29). The molecule has 1 aliphatic heterocycles. The van der Waals surface area contributed by atoms with Gasteiger partial charge in [0, 0.05) is 6.54 Å². The van der Waals surface area contributed by atoms with E-state index in [2.05, 4.69) is 38.0 Å². The number of unbranched alkanes of at least 4 members (excludes halogenated alkanes) is 3. The molecular formula is C24H33N3O4. The molecule has 31 heavy (non-hydrogen) atoms. The highest BCUT2D eigenvalue weighted by Gasteiger charge is 2.29. The first-order valence-corrected chi connectivity index (χ1v) is 11.2. The van der Waals surface area contributed by atoms with Crippen molar-refractivity contribution >= 4 is 17.5 Å². The van der Waals surface area contributed by atoms with Gasteiger partial charge >= 0.3 is 0 Å². The second-order valence-electron chi connectivity index (χ2n) is 8.63. The van der Waals surface area contributed by atoms with Crippen LogP contribution in [-0.4, -0.2) is 29.9 Å². The van der Waals surface area contributed by atoms with E-state index in [4.69, 9.17) is 9.15 Å². The third-order valence-corrected chi connectivity index (χ3v) is 5.96. The molecule has 0 unspecified atom stereocenters. The predicted octanol–water partition coefficient (Wildman–Crippen LogP) is 4.60. The molecule has 1 aliphatic rings. The van der Waals surface area contributed by atoms with Crippen molar-refractivity contribution in [1.29, 1.82) is 0 Å². The van der Waals surface area contributed by atoms with Gasteiger partial charge in [-0.3, -0.25) is 14.5 Å². The molecule has 0 bridgehead atoms. The summed E-state index contributed by atoms with van der Waals surface area (Å²) >= 11 is 0. The normalized spacial score (nSPS) is 13.7. The second-order valence-corrected chi connectivity index (χ2v) is 8.63. The largest absolute Gasteiger partial charge is 0.482 e. The number of carbonyl (C=O) groups is 2. The molecule has 168 valence electrons. The SMILES string of the molecule is CCCCCCNC(=O)c1coc(CN2C(=O)COc3ccc(C(C)(C)CC)cc32)n1. The van der Waals surface area contributed by atoms with Crippen LogP contribution in [0.25, 0.3) is 0 Å². The smallest absolute Gasteiger partial charge is 0.273 e. The number of fused-ring (bicyclic) bond motifs is 1. The van der Waals surface area contributed by atoms with Gasteiger partial charge in [0.1, 0.15) is 18.6 Å². The first-order valence-electron chi connectivity index (χ1n) is 11.2. The summed E-state index contributed by atoms with van der Waals surface area (Å²) in [6, 6.07) is 5.96. The predicted molar refractivity (Wildman–Crippen MR) is 119 cm³/mol. The van der Waals surface area contributed by atoms with E-state index < -0.39 is 0 Å². The number of hydrogen-bond acceptors (Lipinski definition) is 5. The van der Waals surface area contributed by atoms with Crippen LogP contribution in [0.3, 0.4) is 0 Å². The molecule has 0 radical (unpaired) electrons. The van der Waals surface area contributed by atoms with Crippen molar-refractivity contribution in [3.8, 4) is 5.75 Å². The van der Waals surface area contributed by atoms with Crippen molar-refractivity contribution < 1.29 is 18.7 Å². The van der Waals surface area contributed by atoms with Crippen molar-refractivity contribution in [3.05, 3.63) is 41.6 Å². The Kier molecular flexibility index (Phi) is 7.36. The highest BCUT2D eigenvalue weighted by atomic mass is 16.5. The van der Waals surface area contributed by atoms with Crippen LogP contribution in [0, 0.1) is 0 Å². The molecule has 3 rings (SSSR count). The van der Waals surface area contributed by atoms with Crippen LogP contribution in [0.1, 0.15) is 81.7 Å². The topological polar surface area (TPSA) is 84.7 Å². The summed E-state index contributed by atoms with van der Waals surface area (Å²) in [6.45, 7) is 9.37. The summed E-state index contributed by atoms with van der Waals surface area (Å²) in [5, 5.41) is 2.87. The first kappa shape index (κ1) is 22.8. The molecule has 1 N–H and O–H groups in total. The van der Waals surface area contributed by atoms with Crippen molar-refractivity contribution in [2.45, 2.75) is 71.8 Å². The fourth-order valence-corrected chi connectivity index (χ4v) is 3.47. The minimum atomic E-state index is -0.257. The number of nitrogens with zero attached hydrogens (tertiary/aromatic N) is 2. The number of amides is 2. The average molecular weight is 428 g/mol. The maximum Gasteiger partial charge on any atom is 0.273 e. The van der Waals surface area contributed by atoms with Crippen LogP contribution in [0.15, 0.2) is 28.9 Å². The van der Waals surface area contributed by atoms with E-state index in [9.17, 15) is 9.59 Å². The highest BCUT2D eigenvalue weighted by molar-refractivity contribution is 5.98. The Morgan fingerprint density at radius 3 is 2.77 bits per heavy atom. The van der Waals surface area contributed by atoms with Crippen LogP contribution in [-0.2, 0) is 16.8 Å². The number of aromatic nitrogens is 1. The van der Waals surface area contributed by atoms with Gasteiger partial charge in [-0.2, -0.15) is 0 Å². The van der Waals surface area contributed by atoms with Gasteiger partial charge in [0.25, 0.3) is 11.8 Å². The Labute approximate surface area is 184 Å². The molecule has 0 spiro atoms. The third kappa shape index (κ3) is 5.46. The number of nitrogens with one attached hydrogen (secondary N) is 1. The molecule has 1 aromatic heterocycles. The summed E-state index contributed by atoms with van der Waals surface area (Å²) < 4.78 is 11.1. The Hall–Kier alpha value is -2.83. The first-order chi connectivity index (χ1) is 14.9. The number of hydrogen-bond donors (Lipinski definition) is 1. The lowest BCUT2D eigenvalue weighted by Crippen LogP contribution is -2.38. The molecule has 1 aromatic carbocycles. The zero-order chi connectivity index (χ0) is 22.4. The van der Waals surface area contributed by atoms with Crippen LogP contribution < -0.4 is 15.0 Å². The zero-order valence-corrected chi connectivity index (χ0v) is 19.0. The summed E-state index contributed by atoms with van der Waals surface area (Å²) in [5.74, 6) is 0.551. The number of rotatable bonds is 10. The average Bonchev–Trinajstić information content (AvgIpc) is 3.24. The summed E-state index contributed by atoms with van der Waals surface area (Å²) in [6.07, 6.45) is 6.67. The zero-order valence-electron chi connectivity index (χ0n) is 19.0. The van der Waals surface area contributed by atoms with Crippen LogP contribution in [0.5, 0.6) is 5.75 Å². The van der Waals surface area contributed by atoms with Crippen molar-refractivity contribution in [1.82, 2.24) is 10.3 Å². The Bertz CT molecular complexity index is 919. The maximum atomic E-state index is 12.6. The van der Waals surface area contributed by atoms with Crippen molar-refractivity contribution in [2.75, 3.05) is 18.1 Å². The minimum Gasteiger partial charge on any atom is -0.482 e. The van der Waals surface area contributed by atoms with E-state index in [0.717, 1.165) is 37.7 Å². The van der Waals surface area contributed by atoms with Gasteiger partial charge in [0.15, 0.2) is 12.3 Å². The monoisotopic (exact) mass is 427 g/mol. The lowest BCUT2D eigenvalue weighted by Gasteiger charge is -2.31. The fraction of sp³-hybridized carbons (Fsp3) is 0.542. The van der Waals surface area contributed by atoms with Gasteiger partial charge in [-0.25, -0.2) is 4.98 Å². The summed E-state index contributed by atoms with van der Waals surface area (Å²) in [5.41, 5.74) is 2.04. The number of benzene rings is 1. The number of anilines is 1. The van der Waals surface area contributed by atoms with Gasteiger partial charge < -0.3 is 14.5 Å². The number of oxazole rings is 1. The van der Waals surface area contributed by atoms with E-state index in [-0.39, 0.29) is 36.1 Å². The van der Waals surface area contributed by atoms with Gasteiger partial charge in [0.2, 0.25) is 5.89 Å². The molecule has 2 aromatic rings. The van der Waals surface area contributed by atoms with E-state index in [1.165, 1.54) is 6.26 Å². The van der Waals surface area contributed by atoms with Crippen LogP contribution >= 0.6 is 0 Å². The molecule has 2 amide bonds. The molecule has 7 heteroatoms. The molecular weight excluding hydrogens is 394 g/mol.